The van der Waals surface area contributed by atoms with E-state index in [1.165, 1.54) is 19.3 Å². The van der Waals surface area contributed by atoms with Gasteiger partial charge in [-0.25, -0.2) is 0 Å². The van der Waals surface area contributed by atoms with Crippen molar-refractivity contribution < 1.29 is 5.11 Å². The van der Waals surface area contributed by atoms with Crippen molar-refractivity contribution in [2.24, 2.45) is 5.92 Å². The van der Waals surface area contributed by atoms with Crippen molar-refractivity contribution in [1.29, 1.82) is 0 Å². The van der Waals surface area contributed by atoms with Crippen molar-refractivity contribution in [2.75, 3.05) is 18.0 Å². The van der Waals surface area contributed by atoms with Gasteiger partial charge in [-0.15, -0.1) is 0 Å². The van der Waals surface area contributed by atoms with E-state index in [1.807, 2.05) is 18.2 Å². The molecule has 0 aliphatic carbocycles. The fourth-order valence-corrected chi connectivity index (χ4v) is 3.03. The zero-order valence-corrected chi connectivity index (χ0v) is 11.1. The number of nitrogens with zero attached hydrogens (tertiary/aromatic N) is 1. The van der Waals surface area contributed by atoms with Gasteiger partial charge in [-0.05, 0) is 24.8 Å². The van der Waals surface area contributed by atoms with Gasteiger partial charge in [0.1, 0.15) is 0 Å². The molecule has 1 heterocycles. The van der Waals surface area contributed by atoms with Gasteiger partial charge in [-0.2, -0.15) is 0 Å². The van der Waals surface area contributed by atoms with E-state index in [1.54, 1.807) is 0 Å². The number of anilines is 1. The van der Waals surface area contributed by atoms with E-state index in [9.17, 15) is 5.11 Å². The van der Waals surface area contributed by atoms with Crippen molar-refractivity contribution in [1.82, 2.24) is 0 Å². The first-order valence-electron chi connectivity index (χ1n) is 6.39. The molecule has 2 rings (SSSR count). The Hall–Kier alpha value is -0.730. The number of aliphatic hydroxyl groups excluding tert-OH is 1. The van der Waals surface area contributed by atoms with Gasteiger partial charge >= 0.3 is 0 Å². The van der Waals surface area contributed by atoms with E-state index in [2.05, 4.69) is 11.8 Å². The first-order chi connectivity index (χ1) is 8.26. The monoisotopic (exact) mass is 253 g/mol. The molecular weight excluding hydrogens is 234 g/mol. The van der Waals surface area contributed by atoms with E-state index in [-0.39, 0.29) is 6.61 Å². The topological polar surface area (TPSA) is 23.5 Å². The number of para-hydroxylation sites is 1. The van der Waals surface area contributed by atoms with E-state index < -0.39 is 0 Å². The fraction of sp³-hybridized carbons (Fsp3) is 0.571. The third-order valence-electron chi connectivity index (χ3n) is 3.54. The van der Waals surface area contributed by atoms with Crippen LogP contribution in [-0.4, -0.2) is 18.2 Å². The third-order valence-corrected chi connectivity index (χ3v) is 3.84. The Kier molecular flexibility index (Phi) is 4.30. The van der Waals surface area contributed by atoms with E-state index in [4.69, 9.17) is 11.6 Å². The molecule has 0 saturated carbocycles. The predicted molar refractivity (Wildman–Crippen MR) is 72.6 cm³/mol. The fourth-order valence-electron chi connectivity index (χ4n) is 2.72. The molecule has 1 aliphatic heterocycles. The zero-order chi connectivity index (χ0) is 12.3. The van der Waals surface area contributed by atoms with Crippen molar-refractivity contribution >= 4 is 17.3 Å². The highest BCUT2D eigenvalue weighted by Crippen LogP contribution is 2.34. The van der Waals surface area contributed by atoms with Crippen molar-refractivity contribution in [3.8, 4) is 0 Å². The number of aliphatic hydroxyl groups is 1. The summed E-state index contributed by atoms with van der Waals surface area (Å²) in [6.45, 7) is 4.42. The SMILES string of the molecule is CCCC1CCN(c2c(Cl)cccc2CO)C1. The zero-order valence-electron chi connectivity index (χ0n) is 10.3. The molecule has 0 amide bonds. The van der Waals surface area contributed by atoms with Gasteiger partial charge in [0.15, 0.2) is 0 Å². The second-order valence-electron chi connectivity index (χ2n) is 4.80. The molecular formula is C14H20ClNO. The number of halogens is 1. The molecule has 1 saturated heterocycles. The van der Waals surface area contributed by atoms with E-state index in [0.717, 1.165) is 35.3 Å². The highest BCUT2D eigenvalue weighted by molar-refractivity contribution is 6.33. The second kappa shape index (κ2) is 5.74. The summed E-state index contributed by atoms with van der Waals surface area (Å²) < 4.78 is 0. The van der Waals surface area contributed by atoms with Crippen LogP contribution in [0.5, 0.6) is 0 Å². The summed E-state index contributed by atoms with van der Waals surface area (Å²) in [5.74, 6) is 0.780. The summed E-state index contributed by atoms with van der Waals surface area (Å²) in [5, 5.41) is 10.1. The first-order valence-corrected chi connectivity index (χ1v) is 6.77. The van der Waals surface area contributed by atoms with Crippen molar-refractivity contribution in [3.63, 3.8) is 0 Å². The summed E-state index contributed by atoms with van der Waals surface area (Å²) in [6.07, 6.45) is 3.77. The summed E-state index contributed by atoms with van der Waals surface area (Å²) in [6, 6.07) is 5.76. The lowest BCUT2D eigenvalue weighted by Gasteiger charge is -2.23. The number of rotatable bonds is 4. The van der Waals surface area contributed by atoms with Gasteiger partial charge in [0.25, 0.3) is 0 Å². The van der Waals surface area contributed by atoms with Gasteiger partial charge in [0, 0.05) is 18.7 Å². The lowest BCUT2D eigenvalue weighted by atomic mass is 10.0. The van der Waals surface area contributed by atoms with Crippen LogP contribution in [0.2, 0.25) is 5.02 Å². The normalized spacial score (nSPS) is 19.9. The molecule has 1 aromatic rings. The lowest BCUT2D eigenvalue weighted by molar-refractivity contribution is 0.282. The van der Waals surface area contributed by atoms with Crippen LogP contribution in [0.3, 0.4) is 0 Å². The highest BCUT2D eigenvalue weighted by Gasteiger charge is 2.24. The summed E-state index contributed by atoms with van der Waals surface area (Å²) in [7, 11) is 0. The smallest absolute Gasteiger partial charge is 0.0702 e. The Balaban J connectivity index is 2.18. The lowest BCUT2D eigenvalue weighted by Crippen LogP contribution is -2.21. The molecule has 17 heavy (non-hydrogen) atoms. The maximum atomic E-state index is 9.39. The molecule has 94 valence electrons. The molecule has 0 bridgehead atoms. The van der Waals surface area contributed by atoms with E-state index >= 15 is 0 Å². The molecule has 1 aromatic carbocycles. The molecule has 1 N–H and O–H groups in total. The quantitative estimate of drug-likeness (QED) is 0.888. The predicted octanol–water partition coefficient (Wildman–Crippen LogP) is 3.46. The highest BCUT2D eigenvalue weighted by atomic mass is 35.5. The summed E-state index contributed by atoms with van der Waals surface area (Å²) >= 11 is 6.26. The van der Waals surface area contributed by atoms with E-state index in [0.29, 0.717) is 0 Å². The Morgan fingerprint density at radius 2 is 2.29 bits per heavy atom. The van der Waals surface area contributed by atoms with Gasteiger partial charge in [0.2, 0.25) is 0 Å². The molecule has 1 unspecified atom stereocenters. The Bertz CT molecular complexity index is 380. The largest absolute Gasteiger partial charge is 0.392 e. The van der Waals surface area contributed by atoms with Crippen LogP contribution in [0.4, 0.5) is 5.69 Å². The minimum atomic E-state index is 0.0604. The van der Waals surface area contributed by atoms with Gasteiger partial charge in [-0.1, -0.05) is 37.1 Å². The van der Waals surface area contributed by atoms with Crippen LogP contribution in [-0.2, 0) is 6.61 Å². The van der Waals surface area contributed by atoms with Gasteiger partial charge in [-0.3, -0.25) is 0 Å². The third kappa shape index (κ3) is 2.75. The first kappa shape index (κ1) is 12.7. The van der Waals surface area contributed by atoms with Crippen LogP contribution in [0.15, 0.2) is 18.2 Å². The Labute approximate surface area is 108 Å². The molecule has 1 atom stereocenters. The minimum absolute atomic E-state index is 0.0604. The molecule has 0 spiro atoms. The maximum Gasteiger partial charge on any atom is 0.0702 e. The molecule has 1 aliphatic rings. The van der Waals surface area contributed by atoms with Crippen LogP contribution in [0.25, 0.3) is 0 Å². The second-order valence-corrected chi connectivity index (χ2v) is 5.20. The van der Waals surface area contributed by atoms with Gasteiger partial charge < -0.3 is 10.0 Å². The summed E-state index contributed by atoms with van der Waals surface area (Å²) in [5.41, 5.74) is 1.98. The molecule has 2 nitrogen and oxygen atoms in total. The molecule has 1 fully saturated rings. The van der Waals surface area contributed by atoms with Gasteiger partial charge in [0.05, 0.1) is 17.3 Å². The average molecular weight is 254 g/mol. The van der Waals surface area contributed by atoms with Crippen LogP contribution in [0.1, 0.15) is 31.7 Å². The Morgan fingerprint density at radius 1 is 1.47 bits per heavy atom. The van der Waals surface area contributed by atoms with Crippen LogP contribution < -0.4 is 4.90 Å². The number of benzene rings is 1. The average Bonchev–Trinajstić information content (AvgIpc) is 2.77. The van der Waals surface area contributed by atoms with Crippen LogP contribution in [0, 0.1) is 5.92 Å². The van der Waals surface area contributed by atoms with Crippen molar-refractivity contribution in [2.45, 2.75) is 32.8 Å². The molecule has 0 radical (unpaired) electrons. The minimum Gasteiger partial charge on any atom is -0.392 e. The number of hydrogen-bond acceptors (Lipinski definition) is 2. The number of hydrogen-bond donors (Lipinski definition) is 1. The standard InChI is InChI=1S/C14H20ClNO/c1-2-4-11-7-8-16(9-11)14-12(10-17)5-3-6-13(14)15/h3,5-6,11,17H,2,4,7-10H2,1H3. The molecule has 3 heteroatoms. The van der Waals surface area contributed by atoms with Crippen LogP contribution >= 0.6 is 11.6 Å². The molecule has 0 aromatic heterocycles. The Morgan fingerprint density at radius 3 is 3.00 bits per heavy atom. The maximum absolute atomic E-state index is 9.39. The summed E-state index contributed by atoms with van der Waals surface area (Å²) in [4.78, 5) is 2.33. The van der Waals surface area contributed by atoms with Crippen molar-refractivity contribution in [3.05, 3.63) is 28.8 Å².